The zero-order valence-electron chi connectivity index (χ0n) is 13.7. The lowest BCUT2D eigenvalue weighted by Crippen LogP contribution is -2.12. The summed E-state index contributed by atoms with van der Waals surface area (Å²) in [6.45, 7) is 1.48. The van der Waals surface area contributed by atoms with E-state index in [0.717, 1.165) is 12.0 Å². The van der Waals surface area contributed by atoms with E-state index >= 15 is 0 Å². The van der Waals surface area contributed by atoms with Crippen LogP contribution < -0.4 is 16.2 Å². The van der Waals surface area contributed by atoms with Gasteiger partial charge >= 0.3 is 0 Å². The van der Waals surface area contributed by atoms with E-state index in [-0.39, 0.29) is 39.9 Å². The van der Waals surface area contributed by atoms with Crippen molar-refractivity contribution in [2.45, 2.75) is 19.8 Å². The number of aromatic hydroxyl groups is 2. The number of hydrogen-bond acceptors (Lipinski definition) is 8. The van der Waals surface area contributed by atoms with Gasteiger partial charge in [-0.05, 0) is 41.4 Å². The van der Waals surface area contributed by atoms with Gasteiger partial charge in [0.25, 0.3) is 0 Å². The van der Waals surface area contributed by atoms with E-state index in [1.54, 1.807) is 0 Å². The van der Waals surface area contributed by atoms with Gasteiger partial charge in [-0.2, -0.15) is 0 Å². The third-order valence-electron chi connectivity index (χ3n) is 3.61. The molecule has 8 nitrogen and oxygen atoms in total. The SMILES string of the molecule is CCCc1cc(O)c(OCC(=O)c2cc(N)c(N)c(O)c2)c(N=O)c1. The van der Waals surface area contributed by atoms with Crippen LogP contribution in [0.2, 0.25) is 0 Å². The number of Topliss-reactive ketones (excluding diaryl/α,β-unsaturated/α-hetero) is 1. The Morgan fingerprint density at radius 3 is 2.48 bits per heavy atom. The molecular formula is C17H19N3O5. The Labute approximate surface area is 144 Å². The number of hydrogen-bond donors (Lipinski definition) is 4. The number of rotatable bonds is 7. The minimum Gasteiger partial charge on any atom is -0.506 e. The fourth-order valence-corrected chi connectivity index (χ4v) is 2.35. The van der Waals surface area contributed by atoms with Crippen LogP contribution >= 0.6 is 0 Å². The molecule has 0 aromatic heterocycles. The quantitative estimate of drug-likeness (QED) is 0.261. The van der Waals surface area contributed by atoms with E-state index in [1.165, 1.54) is 24.3 Å². The summed E-state index contributed by atoms with van der Waals surface area (Å²) in [5, 5.41) is 22.5. The summed E-state index contributed by atoms with van der Waals surface area (Å²) in [5.41, 5.74) is 11.9. The summed E-state index contributed by atoms with van der Waals surface area (Å²) in [7, 11) is 0. The minimum absolute atomic E-state index is 0.0194. The first-order chi connectivity index (χ1) is 11.9. The molecule has 0 amide bonds. The van der Waals surface area contributed by atoms with Crippen LogP contribution in [0.25, 0.3) is 0 Å². The normalized spacial score (nSPS) is 10.4. The fourth-order valence-electron chi connectivity index (χ4n) is 2.35. The first kappa shape index (κ1) is 18.1. The Balaban J connectivity index is 2.21. The summed E-state index contributed by atoms with van der Waals surface area (Å²) >= 11 is 0. The van der Waals surface area contributed by atoms with Gasteiger partial charge in [-0.25, -0.2) is 0 Å². The fraction of sp³-hybridized carbons (Fsp3) is 0.235. The number of anilines is 2. The monoisotopic (exact) mass is 345 g/mol. The van der Waals surface area contributed by atoms with Gasteiger partial charge in [0.1, 0.15) is 5.75 Å². The summed E-state index contributed by atoms with van der Waals surface area (Å²) < 4.78 is 5.27. The zero-order chi connectivity index (χ0) is 18.6. The Morgan fingerprint density at radius 2 is 1.88 bits per heavy atom. The molecule has 2 rings (SSSR count). The first-order valence-electron chi connectivity index (χ1n) is 7.60. The van der Waals surface area contributed by atoms with Crippen molar-refractivity contribution in [1.82, 2.24) is 0 Å². The summed E-state index contributed by atoms with van der Waals surface area (Å²) in [4.78, 5) is 23.2. The van der Waals surface area contributed by atoms with Crippen LogP contribution in [0.3, 0.4) is 0 Å². The number of nitrogens with zero attached hydrogens (tertiary/aromatic N) is 1. The van der Waals surface area contributed by atoms with Gasteiger partial charge in [-0.3, -0.25) is 4.79 Å². The van der Waals surface area contributed by atoms with Crippen LogP contribution in [0.4, 0.5) is 17.1 Å². The lowest BCUT2D eigenvalue weighted by molar-refractivity contribution is 0.0920. The standard InChI is InChI=1S/C17H19N3O5/c1-2-3-9-4-12(20-24)17(14(22)5-9)25-8-15(23)10-6-11(18)16(19)13(21)7-10/h4-7,21-22H,2-3,8,18-19H2,1H3. The topological polar surface area (TPSA) is 148 Å². The van der Waals surface area contributed by atoms with E-state index in [4.69, 9.17) is 16.2 Å². The molecule has 0 atom stereocenters. The summed E-state index contributed by atoms with van der Waals surface area (Å²) in [6.07, 6.45) is 1.50. The highest BCUT2D eigenvalue weighted by Gasteiger charge is 2.17. The Morgan fingerprint density at radius 1 is 1.16 bits per heavy atom. The Bertz CT molecular complexity index is 797. The number of carbonyl (C=O) groups is 1. The zero-order valence-corrected chi connectivity index (χ0v) is 13.7. The Hall–Kier alpha value is -3.29. The molecule has 0 aliphatic heterocycles. The third kappa shape index (κ3) is 3.97. The minimum atomic E-state index is -0.518. The van der Waals surface area contributed by atoms with Crippen LogP contribution in [-0.2, 0) is 6.42 Å². The van der Waals surface area contributed by atoms with E-state index < -0.39 is 12.4 Å². The molecule has 2 aromatic rings. The van der Waals surface area contributed by atoms with Crippen molar-refractivity contribution in [2.75, 3.05) is 18.1 Å². The average Bonchev–Trinajstić information content (AvgIpc) is 2.57. The maximum Gasteiger partial charge on any atom is 0.200 e. The number of phenolic OH excluding ortho intramolecular Hbond substituents is 2. The van der Waals surface area contributed by atoms with Crippen LogP contribution in [0.5, 0.6) is 17.2 Å². The number of carbonyl (C=O) groups excluding carboxylic acids is 1. The van der Waals surface area contributed by atoms with Crippen molar-refractivity contribution < 1.29 is 19.7 Å². The predicted molar refractivity (Wildman–Crippen MR) is 94.3 cm³/mol. The average molecular weight is 345 g/mol. The molecule has 8 heteroatoms. The van der Waals surface area contributed by atoms with E-state index in [1.807, 2.05) is 6.92 Å². The maximum absolute atomic E-state index is 12.2. The van der Waals surface area contributed by atoms with Crippen molar-refractivity contribution in [3.8, 4) is 17.2 Å². The number of ether oxygens (including phenoxy) is 1. The molecule has 0 unspecified atom stereocenters. The largest absolute Gasteiger partial charge is 0.506 e. The van der Waals surface area contributed by atoms with Crippen LogP contribution in [0.15, 0.2) is 29.4 Å². The van der Waals surface area contributed by atoms with Crippen LogP contribution in [-0.4, -0.2) is 22.6 Å². The predicted octanol–water partition coefficient (Wildman–Crippen LogP) is 2.87. The molecule has 0 aliphatic carbocycles. The molecule has 2 aromatic carbocycles. The molecule has 25 heavy (non-hydrogen) atoms. The second kappa shape index (κ2) is 7.52. The molecule has 0 saturated heterocycles. The first-order valence-corrected chi connectivity index (χ1v) is 7.60. The highest BCUT2D eigenvalue weighted by molar-refractivity contribution is 5.99. The molecule has 0 radical (unpaired) electrons. The van der Waals surface area contributed by atoms with E-state index in [0.29, 0.717) is 6.42 Å². The summed E-state index contributed by atoms with van der Waals surface area (Å²) in [5.74, 6) is -1.27. The highest BCUT2D eigenvalue weighted by atomic mass is 16.5. The number of benzene rings is 2. The number of nitrogen functional groups attached to an aromatic ring is 2. The molecule has 0 heterocycles. The van der Waals surface area contributed by atoms with E-state index in [9.17, 15) is 19.9 Å². The smallest absolute Gasteiger partial charge is 0.200 e. The molecule has 0 saturated carbocycles. The van der Waals surface area contributed by atoms with Crippen molar-refractivity contribution in [3.05, 3.63) is 40.3 Å². The second-order valence-electron chi connectivity index (χ2n) is 5.51. The lowest BCUT2D eigenvalue weighted by atomic mass is 10.1. The van der Waals surface area contributed by atoms with Crippen molar-refractivity contribution in [2.24, 2.45) is 5.18 Å². The maximum atomic E-state index is 12.2. The number of ketones is 1. The summed E-state index contributed by atoms with van der Waals surface area (Å²) in [6, 6.07) is 5.44. The van der Waals surface area contributed by atoms with Gasteiger partial charge in [0.15, 0.2) is 29.6 Å². The van der Waals surface area contributed by atoms with Crippen molar-refractivity contribution >= 4 is 22.8 Å². The molecule has 6 N–H and O–H groups in total. The van der Waals surface area contributed by atoms with Gasteiger partial charge in [-0.15, -0.1) is 4.91 Å². The highest BCUT2D eigenvalue weighted by Crippen LogP contribution is 2.38. The molecular weight excluding hydrogens is 326 g/mol. The van der Waals surface area contributed by atoms with Gasteiger partial charge in [0, 0.05) is 5.56 Å². The molecule has 0 fully saturated rings. The molecule has 0 bridgehead atoms. The van der Waals surface area contributed by atoms with Gasteiger partial charge in [-0.1, -0.05) is 13.3 Å². The van der Waals surface area contributed by atoms with Crippen LogP contribution in [0, 0.1) is 4.91 Å². The number of nitroso groups, excluding NO2 is 1. The van der Waals surface area contributed by atoms with E-state index in [2.05, 4.69) is 5.18 Å². The molecule has 0 spiro atoms. The second-order valence-corrected chi connectivity index (χ2v) is 5.51. The molecule has 132 valence electrons. The lowest BCUT2D eigenvalue weighted by Gasteiger charge is -2.11. The van der Waals surface area contributed by atoms with Crippen LogP contribution in [0.1, 0.15) is 29.3 Å². The number of nitrogens with two attached hydrogens (primary N) is 2. The number of aryl methyl sites for hydroxylation is 1. The van der Waals surface area contributed by atoms with Crippen molar-refractivity contribution in [3.63, 3.8) is 0 Å². The van der Waals surface area contributed by atoms with Gasteiger partial charge in [0.05, 0.1) is 11.4 Å². The third-order valence-corrected chi connectivity index (χ3v) is 3.61. The Kier molecular flexibility index (Phi) is 5.43. The number of phenols is 2. The van der Waals surface area contributed by atoms with Crippen molar-refractivity contribution in [1.29, 1.82) is 0 Å². The molecule has 0 aliphatic rings. The van der Waals surface area contributed by atoms with Gasteiger partial charge in [0.2, 0.25) is 0 Å². The van der Waals surface area contributed by atoms with Gasteiger partial charge < -0.3 is 26.4 Å².